The van der Waals surface area contributed by atoms with Crippen LogP contribution < -0.4 is 5.32 Å². The predicted octanol–water partition coefficient (Wildman–Crippen LogP) is 2.81. The van der Waals surface area contributed by atoms with Gasteiger partial charge in [0.2, 0.25) is 11.8 Å². The lowest BCUT2D eigenvalue weighted by molar-refractivity contribution is -0.139. The van der Waals surface area contributed by atoms with Crippen LogP contribution in [0.2, 0.25) is 0 Å². The summed E-state index contributed by atoms with van der Waals surface area (Å²) in [5.41, 5.74) is 2.50. The Hall–Kier alpha value is -2.74. The number of nitrogens with zero attached hydrogens (tertiary/aromatic N) is 3. The fraction of sp³-hybridized carbons (Fsp3) is 0.455. The molecule has 0 spiro atoms. The van der Waals surface area contributed by atoms with Gasteiger partial charge in [0.15, 0.2) is 5.13 Å². The first-order chi connectivity index (χ1) is 14.4. The lowest BCUT2D eigenvalue weighted by atomic mass is 9.89. The van der Waals surface area contributed by atoms with Crippen LogP contribution >= 0.6 is 11.3 Å². The van der Waals surface area contributed by atoms with E-state index in [0.29, 0.717) is 36.9 Å². The maximum absolute atomic E-state index is 13.2. The molecule has 1 aromatic heterocycles. The molecule has 158 valence electrons. The van der Waals surface area contributed by atoms with Gasteiger partial charge in [-0.2, -0.15) is 0 Å². The fourth-order valence-corrected chi connectivity index (χ4v) is 5.11. The number of carbonyl (C=O) groups is 3. The Labute approximate surface area is 180 Å². The van der Waals surface area contributed by atoms with Crippen LogP contribution in [0.3, 0.4) is 0 Å². The first-order valence-corrected chi connectivity index (χ1v) is 11.2. The topological polar surface area (TPSA) is 82.6 Å². The minimum Gasteiger partial charge on any atom is -0.339 e. The molecule has 30 heavy (non-hydrogen) atoms. The van der Waals surface area contributed by atoms with Crippen molar-refractivity contribution in [1.29, 1.82) is 0 Å². The number of thiazole rings is 1. The van der Waals surface area contributed by atoms with Gasteiger partial charge in [0, 0.05) is 43.5 Å². The van der Waals surface area contributed by atoms with Gasteiger partial charge in [-0.25, -0.2) is 4.98 Å². The van der Waals surface area contributed by atoms with Gasteiger partial charge in [-0.15, -0.1) is 11.3 Å². The quantitative estimate of drug-likeness (QED) is 0.818. The number of aryl methyl sites for hydroxylation is 2. The second kappa shape index (κ2) is 8.55. The summed E-state index contributed by atoms with van der Waals surface area (Å²) >= 11 is 1.47. The van der Waals surface area contributed by atoms with Crippen LogP contribution in [-0.4, -0.2) is 58.7 Å². The maximum Gasteiger partial charge on any atom is 0.257 e. The number of amides is 3. The summed E-state index contributed by atoms with van der Waals surface area (Å²) in [7, 11) is 0. The molecule has 1 aromatic carbocycles. The molecule has 1 aliphatic carbocycles. The van der Waals surface area contributed by atoms with Crippen LogP contribution in [0.5, 0.6) is 0 Å². The number of rotatable bonds is 3. The van der Waals surface area contributed by atoms with E-state index in [1.54, 1.807) is 24.0 Å². The van der Waals surface area contributed by atoms with Crippen molar-refractivity contribution >= 4 is 34.2 Å². The molecular formula is C22H26N4O3S. The third-order valence-corrected chi connectivity index (χ3v) is 6.87. The van der Waals surface area contributed by atoms with Gasteiger partial charge >= 0.3 is 0 Å². The minimum atomic E-state index is -0.265. The number of piperazine rings is 1. The lowest BCUT2D eigenvalue weighted by Crippen LogP contribution is -2.51. The molecule has 1 N–H and O–H groups in total. The van der Waals surface area contributed by atoms with Crippen LogP contribution in [0.1, 0.15) is 52.2 Å². The van der Waals surface area contributed by atoms with Crippen molar-refractivity contribution in [1.82, 2.24) is 14.8 Å². The maximum atomic E-state index is 13.2. The highest BCUT2D eigenvalue weighted by molar-refractivity contribution is 7.16. The number of hydrogen-bond acceptors (Lipinski definition) is 5. The van der Waals surface area contributed by atoms with Gasteiger partial charge in [-0.05, 0) is 38.3 Å². The van der Waals surface area contributed by atoms with Gasteiger partial charge in [0.05, 0.1) is 11.6 Å². The van der Waals surface area contributed by atoms with Gasteiger partial charge in [0.1, 0.15) is 0 Å². The number of hydrogen-bond donors (Lipinski definition) is 1. The Morgan fingerprint density at radius 3 is 2.40 bits per heavy atom. The number of nitrogens with one attached hydrogen (secondary N) is 1. The van der Waals surface area contributed by atoms with Crippen molar-refractivity contribution < 1.29 is 14.4 Å². The molecule has 1 saturated heterocycles. The van der Waals surface area contributed by atoms with Gasteiger partial charge < -0.3 is 9.80 Å². The third-order valence-electron chi connectivity index (χ3n) is 5.82. The molecule has 2 aliphatic rings. The first kappa shape index (κ1) is 20.5. The van der Waals surface area contributed by atoms with Crippen LogP contribution in [0.4, 0.5) is 5.13 Å². The van der Waals surface area contributed by atoms with E-state index in [0.717, 1.165) is 35.4 Å². The Morgan fingerprint density at radius 1 is 1.07 bits per heavy atom. The summed E-state index contributed by atoms with van der Waals surface area (Å²) in [5.74, 6) is -0.320. The molecule has 1 aliphatic heterocycles. The normalized spacial score (nSPS) is 18.7. The van der Waals surface area contributed by atoms with Gasteiger partial charge in [-0.1, -0.05) is 17.7 Å². The van der Waals surface area contributed by atoms with Crippen LogP contribution in [0.15, 0.2) is 24.3 Å². The second-order valence-corrected chi connectivity index (χ2v) is 9.01. The van der Waals surface area contributed by atoms with E-state index < -0.39 is 0 Å². The molecule has 0 saturated carbocycles. The van der Waals surface area contributed by atoms with E-state index in [4.69, 9.17) is 0 Å². The highest BCUT2D eigenvalue weighted by Gasteiger charge is 2.34. The van der Waals surface area contributed by atoms with E-state index in [1.807, 2.05) is 24.0 Å². The SMILES string of the molecule is CC(=O)N1CCN(C(=O)C2CCCc3sc(NC(=O)c4ccc(C)cc4)nc32)CC1. The summed E-state index contributed by atoms with van der Waals surface area (Å²) in [4.78, 5) is 46.6. The van der Waals surface area contributed by atoms with E-state index in [2.05, 4.69) is 10.3 Å². The number of benzene rings is 1. The van der Waals surface area contributed by atoms with E-state index in [1.165, 1.54) is 11.3 Å². The largest absolute Gasteiger partial charge is 0.339 e. The summed E-state index contributed by atoms with van der Waals surface area (Å²) in [6.07, 6.45) is 2.59. The molecule has 0 bridgehead atoms. The van der Waals surface area contributed by atoms with Crippen molar-refractivity contribution in [2.45, 2.75) is 39.0 Å². The summed E-state index contributed by atoms with van der Waals surface area (Å²) in [5, 5.41) is 3.44. The smallest absolute Gasteiger partial charge is 0.257 e. The highest BCUT2D eigenvalue weighted by Crippen LogP contribution is 2.38. The van der Waals surface area contributed by atoms with Gasteiger partial charge in [0.25, 0.3) is 5.91 Å². The summed E-state index contributed by atoms with van der Waals surface area (Å²) in [6.45, 7) is 5.82. The first-order valence-electron chi connectivity index (χ1n) is 10.3. The zero-order valence-corrected chi connectivity index (χ0v) is 18.1. The second-order valence-electron chi connectivity index (χ2n) is 7.92. The van der Waals surface area contributed by atoms with Crippen molar-refractivity contribution in [2.24, 2.45) is 0 Å². The molecule has 1 unspecified atom stereocenters. The molecular weight excluding hydrogens is 400 g/mol. The fourth-order valence-electron chi connectivity index (χ4n) is 4.05. The Balaban J connectivity index is 1.46. The van der Waals surface area contributed by atoms with Crippen molar-refractivity contribution in [3.05, 3.63) is 46.0 Å². The van der Waals surface area contributed by atoms with E-state index >= 15 is 0 Å². The lowest BCUT2D eigenvalue weighted by Gasteiger charge is -2.36. The molecule has 4 rings (SSSR count). The van der Waals surface area contributed by atoms with E-state index in [-0.39, 0.29) is 23.6 Å². The monoisotopic (exact) mass is 426 g/mol. The van der Waals surface area contributed by atoms with Crippen LogP contribution in [0, 0.1) is 6.92 Å². The molecule has 1 fully saturated rings. The molecule has 2 aromatic rings. The van der Waals surface area contributed by atoms with Crippen molar-refractivity contribution in [3.63, 3.8) is 0 Å². The summed E-state index contributed by atoms with van der Waals surface area (Å²) in [6, 6.07) is 7.40. The molecule has 0 radical (unpaired) electrons. The molecule has 8 heteroatoms. The average Bonchev–Trinajstić information content (AvgIpc) is 3.16. The third kappa shape index (κ3) is 4.23. The van der Waals surface area contributed by atoms with Crippen LogP contribution in [-0.2, 0) is 16.0 Å². The molecule has 2 heterocycles. The van der Waals surface area contributed by atoms with Crippen molar-refractivity contribution in [3.8, 4) is 0 Å². The average molecular weight is 427 g/mol. The highest BCUT2D eigenvalue weighted by atomic mass is 32.1. The molecule has 3 amide bonds. The Kier molecular flexibility index (Phi) is 5.85. The van der Waals surface area contributed by atoms with E-state index in [9.17, 15) is 14.4 Å². The van der Waals surface area contributed by atoms with Crippen molar-refractivity contribution in [2.75, 3.05) is 31.5 Å². The molecule has 7 nitrogen and oxygen atoms in total. The van der Waals surface area contributed by atoms with Crippen LogP contribution in [0.25, 0.3) is 0 Å². The zero-order valence-electron chi connectivity index (χ0n) is 17.3. The molecule has 1 atom stereocenters. The zero-order chi connectivity index (χ0) is 21.3. The number of anilines is 1. The predicted molar refractivity (Wildman–Crippen MR) is 116 cm³/mol. The Morgan fingerprint density at radius 2 is 1.73 bits per heavy atom. The van der Waals surface area contributed by atoms with Gasteiger partial charge in [-0.3, -0.25) is 19.7 Å². The minimum absolute atomic E-state index is 0.0514. The summed E-state index contributed by atoms with van der Waals surface area (Å²) < 4.78 is 0. The number of carbonyl (C=O) groups excluding carboxylic acids is 3. The standard InChI is InChI=1S/C22H26N4O3S/c1-14-6-8-16(9-7-14)20(28)24-22-23-19-17(4-3-5-18(19)30-22)21(29)26-12-10-25(11-13-26)15(2)27/h6-9,17H,3-5,10-13H2,1-2H3,(H,23,24,28). The number of aromatic nitrogens is 1. The number of fused-ring (bicyclic) bond motifs is 1. The Bertz CT molecular complexity index is 961.